The van der Waals surface area contributed by atoms with Crippen LogP contribution in [0.4, 0.5) is 0 Å². The minimum atomic E-state index is -0.596. The van der Waals surface area contributed by atoms with Gasteiger partial charge in [-0.2, -0.15) is 0 Å². The second kappa shape index (κ2) is 12.5. The number of ketones is 1. The highest BCUT2D eigenvalue weighted by Gasteiger charge is 2.23. The molecular weight excluding hydrogens is 480 g/mol. The highest BCUT2D eigenvalue weighted by atomic mass is 16.7. The zero-order chi connectivity index (χ0) is 28.7. The van der Waals surface area contributed by atoms with Gasteiger partial charge in [-0.05, 0) is 117 Å². The molecule has 2 aromatic carbocycles. The van der Waals surface area contributed by atoms with Crippen LogP contribution in [0.25, 0.3) is 6.08 Å². The van der Waals surface area contributed by atoms with E-state index in [0.717, 1.165) is 29.7 Å². The van der Waals surface area contributed by atoms with Gasteiger partial charge in [-0.25, -0.2) is 0 Å². The van der Waals surface area contributed by atoms with Gasteiger partial charge in [0.25, 0.3) is 0 Å². The van der Waals surface area contributed by atoms with Gasteiger partial charge < -0.3 is 18.9 Å². The van der Waals surface area contributed by atoms with E-state index in [0.29, 0.717) is 17.1 Å². The lowest BCUT2D eigenvalue weighted by Gasteiger charge is -2.27. The minimum absolute atomic E-state index is 0.149. The van der Waals surface area contributed by atoms with Crippen LogP contribution in [0.3, 0.4) is 0 Å². The number of carbonyl (C=O) groups is 2. The van der Waals surface area contributed by atoms with Crippen LogP contribution in [0.5, 0.6) is 17.2 Å². The van der Waals surface area contributed by atoms with Crippen molar-refractivity contribution in [1.29, 1.82) is 0 Å². The van der Waals surface area contributed by atoms with Crippen molar-refractivity contribution in [3.05, 3.63) is 59.2 Å². The summed E-state index contributed by atoms with van der Waals surface area (Å²) in [4.78, 5) is 24.8. The molecule has 0 atom stereocenters. The van der Waals surface area contributed by atoms with Crippen LogP contribution < -0.4 is 14.2 Å². The van der Waals surface area contributed by atoms with Crippen molar-refractivity contribution in [2.24, 2.45) is 5.41 Å². The summed E-state index contributed by atoms with van der Waals surface area (Å²) in [7, 11) is 0. The van der Waals surface area contributed by atoms with E-state index in [1.807, 2.05) is 53.7 Å². The van der Waals surface area contributed by atoms with Crippen LogP contribution in [0.1, 0.15) is 97.1 Å². The van der Waals surface area contributed by atoms with Crippen molar-refractivity contribution in [3.63, 3.8) is 0 Å². The zero-order valence-corrected chi connectivity index (χ0v) is 24.7. The average molecular weight is 525 g/mol. The predicted octanol–water partition coefficient (Wildman–Crippen LogP) is 7.82. The number of carbonyl (C=O) groups excluding carboxylic acids is 2. The van der Waals surface area contributed by atoms with Crippen molar-refractivity contribution in [3.8, 4) is 17.2 Å². The molecule has 0 bridgehead atoms. The van der Waals surface area contributed by atoms with Crippen molar-refractivity contribution in [2.75, 3.05) is 6.79 Å². The van der Waals surface area contributed by atoms with Gasteiger partial charge in [0, 0.05) is 17.2 Å². The number of hydrogen-bond donors (Lipinski definition) is 0. The molecule has 0 aliphatic carbocycles. The first-order valence-electron chi connectivity index (χ1n) is 13.2. The van der Waals surface area contributed by atoms with Crippen LogP contribution in [-0.4, -0.2) is 29.7 Å². The third-order valence-electron chi connectivity index (χ3n) is 5.13. The number of rotatable bonds is 10. The van der Waals surface area contributed by atoms with Gasteiger partial charge in [0.15, 0.2) is 5.78 Å². The summed E-state index contributed by atoms with van der Waals surface area (Å²) in [6, 6.07) is 10.7. The molecule has 0 unspecified atom stereocenters. The van der Waals surface area contributed by atoms with E-state index in [4.69, 9.17) is 18.9 Å². The maximum Gasteiger partial charge on any atom is 0.314 e. The van der Waals surface area contributed by atoms with Crippen molar-refractivity contribution in [1.82, 2.24) is 0 Å². The van der Waals surface area contributed by atoms with Gasteiger partial charge in [0.1, 0.15) is 28.5 Å². The second-order valence-corrected chi connectivity index (χ2v) is 12.3. The Labute approximate surface area is 228 Å². The molecule has 208 valence electrons. The first-order chi connectivity index (χ1) is 17.5. The molecule has 0 aromatic heterocycles. The topological polar surface area (TPSA) is 71.1 Å². The molecule has 2 aromatic rings. The Hall–Kier alpha value is -3.28. The van der Waals surface area contributed by atoms with Gasteiger partial charge in [0.05, 0.1) is 5.41 Å². The van der Waals surface area contributed by atoms with Gasteiger partial charge in [-0.1, -0.05) is 13.3 Å². The lowest BCUT2D eigenvalue weighted by Crippen LogP contribution is -2.25. The molecule has 2 rings (SSSR count). The fraction of sp³-hybridized carbons (Fsp3) is 0.500. The molecule has 0 spiro atoms. The van der Waals surface area contributed by atoms with Gasteiger partial charge >= 0.3 is 5.97 Å². The fourth-order valence-corrected chi connectivity index (χ4v) is 3.41. The molecule has 38 heavy (non-hydrogen) atoms. The Balaban J connectivity index is 2.24. The zero-order valence-electron chi connectivity index (χ0n) is 24.7. The number of benzene rings is 2. The van der Waals surface area contributed by atoms with Crippen LogP contribution in [0.2, 0.25) is 0 Å². The highest BCUT2D eigenvalue weighted by molar-refractivity contribution is 6.07. The Morgan fingerprint density at radius 3 is 1.92 bits per heavy atom. The summed E-state index contributed by atoms with van der Waals surface area (Å²) in [6.07, 6.45) is 5.15. The lowest BCUT2D eigenvalue weighted by atomic mass is 9.98. The number of esters is 1. The maximum absolute atomic E-state index is 12.9. The van der Waals surface area contributed by atoms with E-state index in [2.05, 4.69) is 6.92 Å². The number of ether oxygens (including phenoxy) is 4. The summed E-state index contributed by atoms with van der Waals surface area (Å²) in [5, 5.41) is 0. The molecule has 0 fully saturated rings. The summed E-state index contributed by atoms with van der Waals surface area (Å²) in [6.45, 7) is 19.3. The maximum atomic E-state index is 12.9. The van der Waals surface area contributed by atoms with E-state index in [9.17, 15) is 9.59 Å². The van der Waals surface area contributed by atoms with Gasteiger partial charge in [-0.3, -0.25) is 9.59 Å². The van der Waals surface area contributed by atoms with Crippen molar-refractivity contribution >= 4 is 17.8 Å². The van der Waals surface area contributed by atoms with Gasteiger partial charge in [0.2, 0.25) is 6.79 Å². The van der Waals surface area contributed by atoms with Crippen LogP contribution in [0, 0.1) is 5.41 Å². The lowest BCUT2D eigenvalue weighted by molar-refractivity contribution is -0.159. The third kappa shape index (κ3) is 10.2. The van der Waals surface area contributed by atoms with Crippen LogP contribution >= 0.6 is 0 Å². The Morgan fingerprint density at radius 2 is 1.39 bits per heavy atom. The number of aryl methyl sites for hydroxylation is 1. The normalized spacial score (nSPS) is 12.4. The molecule has 0 aliphatic rings. The molecule has 0 heterocycles. The van der Waals surface area contributed by atoms with Crippen molar-refractivity contribution in [2.45, 2.75) is 93.3 Å². The molecule has 0 saturated heterocycles. The van der Waals surface area contributed by atoms with Gasteiger partial charge in [-0.15, -0.1) is 0 Å². The predicted molar refractivity (Wildman–Crippen MR) is 152 cm³/mol. The molecule has 0 N–H and O–H groups in total. The molecular formula is C32H44O6. The van der Waals surface area contributed by atoms with Crippen LogP contribution in [-0.2, 0) is 16.0 Å². The third-order valence-corrected chi connectivity index (χ3v) is 5.13. The smallest absolute Gasteiger partial charge is 0.314 e. The summed E-state index contributed by atoms with van der Waals surface area (Å²) in [5.74, 6) is 1.47. The highest BCUT2D eigenvalue weighted by Crippen LogP contribution is 2.35. The molecule has 0 saturated carbocycles. The molecule has 0 aliphatic heterocycles. The van der Waals surface area contributed by atoms with E-state index in [1.165, 1.54) is 0 Å². The Kier molecular flexibility index (Phi) is 10.2. The Bertz CT molecular complexity index is 1120. The molecule has 0 radical (unpaired) electrons. The second-order valence-electron chi connectivity index (χ2n) is 12.3. The monoisotopic (exact) mass is 524 g/mol. The fourth-order valence-electron chi connectivity index (χ4n) is 3.41. The van der Waals surface area contributed by atoms with E-state index in [1.54, 1.807) is 57.2 Å². The van der Waals surface area contributed by atoms with E-state index in [-0.39, 0.29) is 24.1 Å². The number of hydrogen-bond acceptors (Lipinski definition) is 6. The first kappa shape index (κ1) is 30.9. The van der Waals surface area contributed by atoms with Crippen LogP contribution in [0.15, 0.2) is 42.5 Å². The average Bonchev–Trinajstić information content (AvgIpc) is 2.77. The first-order valence-corrected chi connectivity index (χ1v) is 13.2. The molecule has 6 nitrogen and oxygen atoms in total. The van der Waals surface area contributed by atoms with E-state index < -0.39 is 11.0 Å². The van der Waals surface area contributed by atoms with Crippen molar-refractivity contribution < 1.29 is 28.5 Å². The summed E-state index contributed by atoms with van der Waals surface area (Å²) in [5.41, 5.74) is 1.04. The standard InChI is InChI=1S/C32H44O6/c1-11-12-23-19-24(28(38-32(8,9)10)20-27(23)37-31(5,6)7)15-18-26(33)22-13-16-25(17-14-22)35-21-36-29(34)30(2,3)4/h13-20H,11-12,21H2,1-10H3. The van der Waals surface area contributed by atoms with E-state index >= 15 is 0 Å². The molecule has 6 heteroatoms. The quantitative estimate of drug-likeness (QED) is 0.137. The Morgan fingerprint density at radius 1 is 0.816 bits per heavy atom. The number of allylic oxidation sites excluding steroid dienone is 1. The summed E-state index contributed by atoms with van der Waals surface area (Å²) >= 11 is 0. The summed E-state index contributed by atoms with van der Waals surface area (Å²) < 4.78 is 23.1. The molecule has 0 amide bonds. The minimum Gasteiger partial charge on any atom is -0.488 e. The SMILES string of the molecule is CCCc1cc(C=CC(=O)c2ccc(OCOC(=O)C(C)(C)C)cc2)c(OC(C)(C)C)cc1OC(C)(C)C. The largest absolute Gasteiger partial charge is 0.488 e.